The first-order chi connectivity index (χ1) is 6.67. The predicted molar refractivity (Wildman–Crippen MR) is 60.4 cm³/mol. The molecule has 84 valence electrons. The van der Waals surface area contributed by atoms with Gasteiger partial charge in [-0.2, -0.15) is 0 Å². The third kappa shape index (κ3) is 3.58. The Kier molecular flexibility index (Phi) is 4.90. The largest absolute Gasteiger partial charge is 0.394 e. The molecule has 0 bridgehead atoms. The van der Waals surface area contributed by atoms with Crippen LogP contribution < -0.4 is 0 Å². The Morgan fingerprint density at radius 3 is 1.64 bits per heavy atom. The lowest BCUT2D eigenvalue weighted by atomic mass is 10.0. The maximum Gasteiger partial charge on any atom is 0.0610 e. The summed E-state index contributed by atoms with van der Waals surface area (Å²) in [5, 5.41) is 9.01. The second kappa shape index (κ2) is 5.72. The molecule has 2 rings (SSSR count). The number of hydrogen-bond donors (Lipinski definition) is 1. The van der Waals surface area contributed by atoms with Gasteiger partial charge >= 0.3 is 0 Å². The van der Waals surface area contributed by atoms with Crippen molar-refractivity contribution in [1.29, 1.82) is 0 Å². The van der Waals surface area contributed by atoms with Crippen LogP contribution in [0.3, 0.4) is 0 Å². The molecule has 0 aromatic heterocycles. The van der Waals surface area contributed by atoms with E-state index in [0.717, 1.165) is 13.1 Å². The third-order valence-corrected chi connectivity index (χ3v) is 3.35. The van der Waals surface area contributed by atoms with E-state index in [1.807, 2.05) is 0 Å². The fraction of sp³-hybridized carbons (Fsp3) is 1.00. The van der Waals surface area contributed by atoms with Crippen molar-refractivity contribution >= 4 is 0 Å². The topological polar surface area (TPSA) is 23.5 Å². The van der Waals surface area contributed by atoms with E-state index in [1.54, 1.807) is 0 Å². The quantitative estimate of drug-likeness (QED) is 0.738. The van der Waals surface area contributed by atoms with Crippen molar-refractivity contribution in [2.24, 2.45) is 0 Å². The summed E-state index contributed by atoms with van der Waals surface area (Å²) >= 11 is 0. The molecule has 0 atom stereocenters. The van der Waals surface area contributed by atoms with Crippen LogP contribution in [-0.4, -0.2) is 35.2 Å². The van der Waals surface area contributed by atoms with E-state index in [2.05, 4.69) is 18.7 Å². The monoisotopic (exact) mass is 199 g/mol. The first kappa shape index (κ1) is 12.0. The highest BCUT2D eigenvalue weighted by molar-refractivity contribution is 4.83. The molecular weight excluding hydrogens is 174 g/mol. The number of hydrogen-bond acceptors (Lipinski definition) is 2. The van der Waals surface area contributed by atoms with Crippen LogP contribution in [-0.2, 0) is 0 Å². The van der Waals surface area contributed by atoms with Gasteiger partial charge in [0.2, 0.25) is 0 Å². The summed E-state index contributed by atoms with van der Waals surface area (Å²) < 4.78 is 0. The van der Waals surface area contributed by atoms with Crippen LogP contribution in [0.5, 0.6) is 0 Å². The molecule has 0 spiro atoms. The summed E-state index contributed by atoms with van der Waals surface area (Å²) in [5.41, 5.74) is 0.0104. The summed E-state index contributed by atoms with van der Waals surface area (Å²) in [6, 6.07) is 0. The van der Waals surface area contributed by atoms with Crippen molar-refractivity contribution in [3.63, 3.8) is 0 Å². The Labute approximate surface area is 88.3 Å². The summed E-state index contributed by atoms with van der Waals surface area (Å²) in [4.78, 5) is 2.35. The van der Waals surface area contributed by atoms with Gasteiger partial charge in [-0.15, -0.1) is 0 Å². The molecule has 0 radical (unpaired) electrons. The van der Waals surface area contributed by atoms with Gasteiger partial charge in [0.05, 0.1) is 6.61 Å². The fourth-order valence-electron chi connectivity index (χ4n) is 1.67. The smallest absolute Gasteiger partial charge is 0.0610 e. The molecule has 2 fully saturated rings. The van der Waals surface area contributed by atoms with Crippen LogP contribution >= 0.6 is 0 Å². The van der Waals surface area contributed by atoms with E-state index in [0.29, 0.717) is 0 Å². The zero-order valence-electron chi connectivity index (χ0n) is 9.76. The SMILES string of the molecule is C1CCC1.CC(C)(CO)N1CCCC1. The second-order valence-electron chi connectivity index (χ2n) is 5.08. The van der Waals surface area contributed by atoms with Crippen molar-refractivity contribution in [3.05, 3.63) is 0 Å². The van der Waals surface area contributed by atoms with Crippen molar-refractivity contribution < 1.29 is 5.11 Å². The second-order valence-corrected chi connectivity index (χ2v) is 5.08. The molecule has 0 unspecified atom stereocenters. The van der Waals surface area contributed by atoms with Crippen LogP contribution in [0, 0.1) is 0 Å². The van der Waals surface area contributed by atoms with Gasteiger partial charge in [0.25, 0.3) is 0 Å². The maximum absolute atomic E-state index is 9.01. The van der Waals surface area contributed by atoms with Gasteiger partial charge < -0.3 is 5.11 Å². The molecule has 1 saturated heterocycles. The molecule has 0 amide bonds. The molecule has 2 aliphatic rings. The minimum absolute atomic E-state index is 0.0104. The highest BCUT2D eigenvalue weighted by Gasteiger charge is 2.27. The van der Waals surface area contributed by atoms with Gasteiger partial charge in [-0.25, -0.2) is 0 Å². The van der Waals surface area contributed by atoms with E-state index in [-0.39, 0.29) is 12.1 Å². The summed E-state index contributed by atoms with van der Waals surface area (Å²) in [6.07, 6.45) is 8.59. The molecular formula is C12H25NO. The van der Waals surface area contributed by atoms with Gasteiger partial charge in [0, 0.05) is 5.54 Å². The lowest BCUT2D eigenvalue weighted by Gasteiger charge is -2.33. The molecule has 1 aliphatic carbocycles. The summed E-state index contributed by atoms with van der Waals surface area (Å²) in [6.45, 7) is 6.78. The average Bonchev–Trinajstić information content (AvgIpc) is 2.53. The molecule has 1 saturated carbocycles. The Balaban J connectivity index is 0.000000203. The van der Waals surface area contributed by atoms with Crippen LogP contribution in [0.25, 0.3) is 0 Å². The molecule has 0 aromatic rings. The Morgan fingerprint density at radius 2 is 1.36 bits per heavy atom. The van der Waals surface area contributed by atoms with Crippen molar-refractivity contribution in [2.45, 2.75) is 57.9 Å². The van der Waals surface area contributed by atoms with Gasteiger partial charge in [-0.1, -0.05) is 25.7 Å². The van der Waals surface area contributed by atoms with E-state index in [1.165, 1.54) is 38.5 Å². The maximum atomic E-state index is 9.01. The Morgan fingerprint density at radius 1 is 0.929 bits per heavy atom. The average molecular weight is 199 g/mol. The van der Waals surface area contributed by atoms with Crippen molar-refractivity contribution in [3.8, 4) is 0 Å². The van der Waals surface area contributed by atoms with E-state index >= 15 is 0 Å². The van der Waals surface area contributed by atoms with Crippen LogP contribution in [0.1, 0.15) is 52.4 Å². The lowest BCUT2D eigenvalue weighted by molar-refractivity contribution is 0.0776. The fourth-order valence-corrected chi connectivity index (χ4v) is 1.67. The van der Waals surface area contributed by atoms with Gasteiger partial charge in [0.15, 0.2) is 0 Å². The third-order valence-electron chi connectivity index (χ3n) is 3.35. The minimum Gasteiger partial charge on any atom is -0.394 e. The van der Waals surface area contributed by atoms with Gasteiger partial charge in [-0.05, 0) is 39.8 Å². The van der Waals surface area contributed by atoms with Crippen LogP contribution in [0.15, 0.2) is 0 Å². The molecule has 1 aliphatic heterocycles. The Hall–Kier alpha value is -0.0800. The highest BCUT2D eigenvalue weighted by atomic mass is 16.3. The van der Waals surface area contributed by atoms with Gasteiger partial charge in [-0.3, -0.25) is 4.90 Å². The highest BCUT2D eigenvalue weighted by Crippen LogP contribution is 2.19. The standard InChI is InChI=1S/C8H17NO.C4H8/c1-8(2,7-10)9-5-3-4-6-9;1-2-4-3-1/h10H,3-7H2,1-2H3;1-4H2. The molecule has 2 heteroatoms. The van der Waals surface area contributed by atoms with Gasteiger partial charge in [0.1, 0.15) is 0 Å². The lowest BCUT2D eigenvalue weighted by Crippen LogP contribution is -2.44. The molecule has 0 aromatic carbocycles. The summed E-state index contributed by atoms with van der Waals surface area (Å²) in [7, 11) is 0. The van der Waals surface area contributed by atoms with Crippen LogP contribution in [0.4, 0.5) is 0 Å². The molecule has 1 N–H and O–H groups in total. The van der Waals surface area contributed by atoms with Crippen LogP contribution in [0.2, 0.25) is 0 Å². The number of rotatable bonds is 2. The normalized spacial score (nSPS) is 22.5. The van der Waals surface area contributed by atoms with E-state index in [9.17, 15) is 0 Å². The summed E-state index contributed by atoms with van der Waals surface area (Å²) in [5.74, 6) is 0. The number of aliphatic hydroxyl groups excluding tert-OH is 1. The van der Waals surface area contributed by atoms with E-state index < -0.39 is 0 Å². The van der Waals surface area contributed by atoms with Crippen molar-refractivity contribution in [2.75, 3.05) is 19.7 Å². The predicted octanol–water partition coefficient (Wildman–Crippen LogP) is 2.41. The molecule has 2 nitrogen and oxygen atoms in total. The molecule has 1 heterocycles. The minimum atomic E-state index is 0.0104. The number of aliphatic hydroxyl groups is 1. The zero-order valence-corrected chi connectivity index (χ0v) is 9.76. The Bertz CT molecular complexity index is 142. The zero-order chi connectivity index (χ0) is 10.4. The van der Waals surface area contributed by atoms with Crippen molar-refractivity contribution in [1.82, 2.24) is 4.90 Å². The van der Waals surface area contributed by atoms with E-state index in [4.69, 9.17) is 5.11 Å². The number of nitrogens with zero attached hydrogens (tertiary/aromatic N) is 1. The first-order valence-electron chi connectivity index (χ1n) is 6.03. The first-order valence-corrected chi connectivity index (χ1v) is 6.03. The molecule has 14 heavy (non-hydrogen) atoms. The number of likely N-dealkylation sites (tertiary alicyclic amines) is 1.